The molecule has 21 heteroatoms. The van der Waals surface area contributed by atoms with E-state index >= 15 is 0 Å². The van der Waals surface area contributed by atoms with Crippen molar-refractivity contribution in [2.75, 3.05) is 25.6 Å². The predicted octanol–water partition coefficient (Wildman–Crippen LogP) is 2.55. The largest absolute Gasteiger partial charge is 0.386 e. The topological polar surface area (TPSA) is 207 Å². The zero-order chi connectivity index (χ0) is 30.3. The number of hydrogen-bond donors (Lipinski definition) is 4. The lowest BCUT2D eigenvalue weighted by molar-refractivity contribution is -0.0449. The van der Waals surface area contributed by atoms with Crippen LogP contribution in [0.25, 0.3) is 22.2 Å². The Bertz CT molecular complexity index is 1770. The number of aromatic amines is 1. The molecule has 7 atom stereocenters. The Balaban J connectivity index is 1.14. The molecule has 0 aliphatic carbocycles. The monoisotopic (exact) mass is 660 g/mol. The van der Waals surface area contributed by atoms with Crippen LogP contribution in [0.2, 0.25) is 0 Å². The second kappa shape index (κ2) is 12.3. The molecule has 6 rings (SSSR count). The van der Waals surface area contributed by atoms with Crippen LogP contribution < -0.4 is 10.9 Å². The second-order valence-corrected chi connectivity index (χ2v) is 13.5. The summed E-state index contributed by atoms with van der Waals surface area (Å²) in [6.45, 7) is -4.47. The highest BCUT2D eigenvalue weighted by Gasteiger charge is 2.43. The van der Waals surface area contributed by atoms with E-state index in [-0.39, 0.29) is 30.7 Å². The number of imidazole rings is 1. The maximum Gasteiger partial charge on any atom is 0.386 e. The van der Waals surface area contributed by atoms with Gasteiger partial charge in [0, 0.05) is 19.7 Å². The third-order valence-corrected chi connectivity index (χ3v) is 9.12. The van der Waals surface area contributed by atoms with Crippen molar-refractivity contribution in [3.63, 3.8) is 0 Å². The van der Waals surface area contributed by atoms with E-state index in [4.69, 9.17) is 27.9 Å². The van der Waals surface area contributed by atoms with E-state index in [1.165, 1.54) is 10.9 Å². The van der Waals surface area contributed by atoms with Crippen LogP contribution in [0.15, 0.2) is 30.0 Å². The summed E-state index contributed by atoms with van der Waals surface area (Å²) < 4.78 is 70.3. The third kappa shape index (κ3) is 6.27. The number of H-pyrrole nitrogens is 1. The zero-order valence-corrected chi connectivity index (χ0v) is 25.2. The fourth-order valence-corrected chi connectivity index (χ4v) is 7.05. The molecular weight excluding hydrogens is 633 g/mol. The molecule has 17 nitrogen and oxygen atoms in total. The minimum Gasteiger partial charge on any atom is -0.371 e. The van der Waals surface area contributed by atoms with Crippen molar-refractivity contribution < 1.29 is 41.5 Å². The van der Waals surface area contributed by atoms with E-state index in [1.807, 2.05) is 0 Å². The lowest BCUT2D eigenvalue weighted by Gasteiger charge is -2.24. The van der Waals surface area contributed by atoms with Gasteiger partial charge in [0.2, 0.25) is 0 Å². The van der Waals surface area contributed by atoms with Gasteiger partial charge in [-0.3, -0.25) is 23.0 Å². The second-order valence-electron chi connectivity index (χ2n) is 9.77. The van der Waals surface area contributed by atoms with Crippen LogP contribution in [0.1, 0.15) is 31.7 Å². The maximum atomic E-state index is 14.7. The van der Waals surface area contributed by atoms with Crippen molar-refractivity contribution >= 4 is 55.3 Å². The maximum absolute atomic E-state index is 14.7. The van der Waals surface area contributed by atoms with E-state index in [0.717, 1.165) is 12.5 Å². The van der Waals surface area contributed by atoms with Crippen LogP contribution in [0, 0.1) is 5.82 Å². The Hall–Kier alpha value is -2.73. The van der Waals surface area contributed by atoms with Crippen molar-refractivity contribution in [2.45, 2.75) is 50.0 Å². The van der Waals surface area contributed by atoms with E-state index < -0.39 is 57.2 Å². The summed E-state index contributed by atoms with van der Waals surface area (Å²) in [5.41, 5.74) is 0.445. The van der Waals surface area contributed by atoms with Crippen LogP contribution in [0.4, 0.5) is 10.2 Å². The molecule has 2 aliphatic rings. The number of halogens is 1. The minimum atomic E-state index is -4.06. The summed E-state index contributed by atoms with van der Waals surface area (Å²) in [7, 11) is -1.53. The standard InChI is InChI=1S/C22H27FN8O9P2S/c1-24-18-17-20(27-8-25-18)31(10-29-17)15-3-2-11(38-15)7-37-42(35,43)40-14-4-12(6-36-41(33)34)39-22(14)30-5-13(23)16-19(30)26-9-28-21(16)32/h5,8-12,14-15,22,41H,2-4,6-7H2,1H3,(H,33,34)(H,35,43)(H,24,25,27)(H,26,28,32)/t11-,12-,14+,15+,22+,42?/m0/s1. The molecule has 0 aromatic carbocycles. The Morgan fingerprint density at radius 1 is 1.21 bits per heavy atom. The quantitative estimate of drug-likeness (QED) is 0.135. The molecular formula is C22H27FN8O9P2S. The van der Waals surface area contributed by atoms with Crippen LogP contribution in [0.5, 0.6) is 0 Å². The molecule has 0 amide bonds. The number of anilines is 1. The summed E-state index contributed by atoms with van der Waals surface area (Å²) in [6, 6.07) is 0. The van der Waals surface area contributed by atoms with E-state index in [2.05, 4.69) is 42.5 Å². The number of fused-ring (bicyclic) bond motifs is 2. The van der Waals surface area contributed by atoms with Gasteiger partial charge in [0.05, 0.1) is 38.1 Å². The van der Waals surface area contributed by atoms with E-state index in [1.54, 1.807) is 17.9 Å². The van der Waals surface area contributed by atoms with Crippen molar-refractivity contribution in [3.8, 4) is 0 Å². The Morgan fingerprint density at radius 2 is 2.05 bits per heavy atom. The number of nitrogens with one attached hydrogen (secondary N) is 2. The average molecular weight is 661 g/mol. The number of aromatic nitrogens is 7. The first-order valence-electron chi connectivity index (χ1n) is 13.0. The first-order valence-corrected chi connectivity index (χ1v) is 17.0. The third-order valence-electron chi connectivity index (χ3n) is 7.06. The molecule has 0 bridgehead atoms. The molecule has 2 aliphatic heterocycles. The molecule has 43 heavy (non-hydrogen) atoms. The van der Waals surface area contributed by atoms with Gasteiger partial charge in [-0.1, -0.05) is 12.2 Å². The number of rotatable bonds is 11. The zero-order valence-electron chi connectivity index (χ0n) is 22.4. The molecule has 4 aromatic rings. The van der Waals surface area contributed by atoms with Gasteiger partial charge >= 0.3 is 15.1 Å². The lowest BCUT2D eigenvalue weighted by atomic mass is 10.2. The highest BCUT2D eigenvalue weighted by molar-refractivity contribution is 8.44. The van der Waals surface area contributed by atoms with Crippen LogP contribution in [-0.2, 0) is 32.2 Å². The van der Waals surface area contributed by atoms with E-state index in [9.17, 15) is 18.3 Å². The lowest BCUT2D eigenvalue weighted by Crippen LogP contribution is -2.23. The number of ether oxygens (including phenoxy) is 2. The summed E-state index contributed by atoms with van der Waals surface area (Å²) in [5.74, 6) is -0.272. The number of thiol groups is 1. The van der Waals surface area contributed by atoms with Gasteiger partial charge in [-0.2, -0.15) is 0 Å². The van der Waals surface area contributed by atoms with Gasteiger partial charge in [0.25, 0.3) is 5.56 Å². The predicted molar refractivity (Wildman–Crippen MR) is 151 cm³/mol. The molecule has 0 radical (unpaired) electrons. The Morgan fingerprint density at radius 3 is 2.84 bits per heavy atom. The first kappa shape index (κ1) is 30.3. The summed E-state index contributed by atoms with van der Waals surface area (Å²) in [5, 5.41) is 2.67. The molecule has 0 saturated carbocycles. The van der Waals surface area contributed by atoms with Gasteiger partial charge in [-0.25, -0.2) is 28.9 Å². The molecule has 2 unspecified atom stereocenters. The molecule has 232 valence electrons. The highest BCUT2D eigenvalue weighted by Crippen LogP contribution is 2.57. The summed E-state index contributed by atoms with van der Waals surface area (Å²) in [6.07, 6.45) is 2.52. The molecule has 2 saturated heterocycles. The molecule has 2 fully saturated rings. The molecule has 6 heterocycles. The van der Waals surface area contributed by atoms with Gasteiger partial charge in [-0.05, 0) is 12.8 Å². The van der Waals surface area contributed by atoms with Gasteiger partial charge in [0.1, 0.15) is 29.6 Å². The van der Waals surface area contributed by atoms with Crippen LogP contribution in [0.3, 0.4) is 0 Å². The van der Waals surface area contributed by atoms with Crippen molar-refractivity contribution in [1.29, 1.82) is 0 Å². The fraction of sp³-hybridized carbons (Fsp3) is 0.500. The molecule has 3 N–H and O–H groups in total. The molecule has 0 spiro atoms. The Kier molecular flexibility index (Phi) is 8.70. The van der Waals surface area contributed by atoms with Crippen molar-refractivity contribution in [3.05, 3.63) is 41.3 Å². The SMILES string of the molecule is CNc1ncnc2c1ncn2[C@H]1CC[C@@H](COP(=O)(S)O[C@@H]2C[C@@H](CO[PH](=O)O)O[C@H]2n2cc(F)c3c(=O)[nH]cnc32)O1. The minimum absolute atomic E-state index is 0.0182. The number of hydrogen-bond acceptors (Lipinski definition) is 13. The Labute approximate surface area is 247 Å². The summed E-state index contributed by atoms with van der Waals surface area (Å²) in [4.78, 5) is 40.5. The van der Waals surface area contributed by atoms with Crippen molar-refractivity contribution in [2.24, 2.45) is 0 Å². The highest BCUT2D eigenvalue weighted by atomic mass is 32.7. The van der Waals surface area contributed by atoms with Crippen LogP contribution in [-0.4, -0.2) is 77.5 Å². The van der Waals surface area contributed by atoms with Gasteiger partial charge in [-0.15, -0.1) is 0 Å². The van der Waals surface area contributed by atoms with Crippen molar-refractivity contribution in [1.82, 2.24) is 34.1 Å². The van der Waals surface area contributed by atoms with Gasteiger partial charge in [0.15, 0.2) is 29.2 Å². The molecule has 4 aromatic heterocycles. The normalized spacial score (nSPS) is 26.3. The number of nitrogens with zero attached hydrogens (tertiary/aromatic N) is 6. The van der Waals surface area contributed by atoms with Gasteiger partial charge < -0.3 is 33.8 Å². The van der Waals surface area contributed by atoms with E-state index in [0.29, 0.717) is 29.8 Å². The average Bonchev–Trinajstić information content (AvgIpc) is 3.76. The first-order chi connectivity index (χ1) is 20.6. The smallest absolute Gasteiger partial charge is 0.371 e. The fourth-order valence-electron chi connectivity index (χ4n) is 5.21. The summed E-state index contributed by atoms with van der Waals surface area (Å²) >= 11 is 4.14. The van der Waals surface area contributed by atoms with Crippen LogP contribution >= 0.6 is 27.3 Å².